The monoisotopic (exact) mass is 168 g/mol. The molecule has 3 amide bonds. The highest BCUT2D eigenvalue weighted by Gasteiger charge is 2.11. The lowest BCUT2D eigenvalue weighted by atomic mass is 10.8. The van der Waals surface area contributed by atoms with Crippen LogP contribution in [0, 0.1) is 0 Å². The van der Waals surface area contributed by atoms with Gasteiger partial charge >= 0.3 is 12.1 Å². The van der Waals surface area contributed by atoms with Crippen molar-refractivity contribution in [2.24, 2.45) is 0 Å². The first-order chi connectivity index (χ1) is 4.09. The first-order valence-electron chi connectivity index (χ1n) is 2.28. The molecule has 0 unspecified atom stereocenters. The average Bonchev–Trinajstić information content (AvgIpc) is 1.84. The number of hydrogen-bond donors (Lipinski definition) is 2. The van der Waals surface area contributed by atoms with Crippen LogP contribution in [0.2, 0.25) is 0 Å². The van der Waals surface area contributed by atoms with Crippen molar-refractivity contribution in [2.45, 2.75) is 0 Å². The van der Waals surface area contributed by atoms with Gasteiger partial charge in [-0.05, 0) is 0 Å². The SMILES string of the molecule is CNC(=O)N(C)C(=O)O.Cl. The number of nitrogens with zero attached hydrogens (tertiary/aromatic N) is 1. The van der Waals surface area contributed by atoms with Crippen molar-refractivity contribution in [1.29, 1.82) is 0 Å². The van der Waals surface area contributed by atoms with Gasteiger partial charge in [0.25, 0.3) is 0 Å². The van der Waals surface area contributed by atoms with Crippen LogP contribution in [-0.2, 0) is 0 Å². The van der Waals surface area contributed by atoms with Crippen molar-refractivity contribution in [1.82, 2.24) is 10.2 Å². The molecular weight excluding hydrogens is 160 g/mol. The maximum absolute atomic E-state index is 10.4. The van der Waals surface area contributed by atoms with Gasteiger partial charge < -0.3 is 10.4 Å². The van der Waals surface area contributed by atoms with E-state index in [9.17, 15) is 9.59 Å². The summed E-state index contributed by atoms with van der Waals surface area (Å²) in [6.07, 6.45) is -1.27. The van der Waals surface area contributed by atoms with Crippen molar-refractivity contribution >= 4 is 24.5 Å². The second-order valence-electron chi connectivity index (χ2n) is 1.40. The lowest BCUT2D eigenvalue weighted by molar-refractivity contribution is 0.157. The zero-order valence-electron chi connectivity index (χ0n) is 5.62. The molecule has 60 valence electrons. The van der Waals surface area contributed by atoms with Crippen molar-refractivity contribution in [2.75, 3.05) is 14.1 Å². The minimum absolute atomic E-state index is 0. The normalized spacial score (nSPS) is 7.40. The highest BCUT2D eigenvalue weighted by molar-refractivity contribution is 5.89. The fraction of sp³-hybridized carbons (Fsp3) is 0.500. The first-order valence-corrected chi connectivity index (χ1v) is 2.28. The molecule has 0 fully saturated rings. The van der Waals surface area contributed by atoms with Gasteiger partial charge in [-0.2, -0.15) is 0 Å². The van der Waals surface area contributed by atoms with Crippen LogP contribution in [0.5, 0.6) is 0 Å². The van der Waals surface area contributed by atoms with E-state index in [1.54, 1.807) is 0 Å². The minimum Gasteiger partial charge on any atom is -0.465 e. The molecule has 0 aromatic carbocycles. The Balaban J connectivity index is 0. The standard InChI is InChI=1S/C4H8N2O3.ClH/c1-5-3(7)6(2)4(8)9;/h1-2H3,(H,5,7)(H,8,9);1H. The van der Waals surface area contributed by atoms with E-state index in [1.807, 2.05) is 0 Å². The molecule has 2 N–H and O–H groups in total. The van der Waals surface area contributed by atoms with Crippen LogP contribution in [-0.4, -0.2) is 36.2 Å². The Bertz CT molecular complexity index is 138. The molecule has 0 atom stereocenters. The van der Waals surface area contributed by atoms with E-state index >= 15 is 0 Å². The Kier molecular flexibility index (Phi) is 5.73. The Morgan fingerprint density at radius 1 is 1.50 bits per heavy atom. The maximum Gasteiger partial charge on any atom is 0.415 e. The molecule has 5 nitrogen and oxygen atoms in total. The summed E-state index contributed by atoms with van der Waals surface area (Å²) >= 11 is 0. The van der Waals surface area contributed by atoms with Gasteiger partial charge in [-0.3, -0.25) is 0 Å². The van der Waals surface area contributed by atoms with Crippen molar-refractivity contribution in [3.05, 3.63) is 0 Å². The van der Waals surface area contributed by atoms with Crippen LogP contribution < -0.4 is 5.32 Å². The topological polar surface area (TPSA) is 69.6 Å². The van der Waals surface area contributed by atoms with E-state index in [4.69, 9.17) is 5.11 Å². The Labute approximate surface area is 64.4 Å². The quantitative estimate of drug-likeness (QED) is 0.549. The van der Waals surface area contributed by atoms with Gasteiger partial charge in [-0.1, -0.05) is 0 Å². The van der Waals surface area contributed by atoms with E-state index in [0.717, 1.165) is 0 Å². The second kappa shape index (κ2) is 4.87. The molecule has 0 bridgehead atoms. The molecule has 0 radical (unpaired) electrons. The lowest BCUT2D eigenvalue weighted by Gasteiger charge is -2.08. The van der Waals surface area contributed by atoms with Crippen LogP contribution in [0.1, 0.15) is 0 Å². The Morgan fingerprint density at radius 3 is 2.00 bits per heavy atom. The summed E-state index contributed by atoms with van der Waals surface area (Å²) < 4.78 is 0. The van der Waals surface area contributed by atoms with Gasteiger partial charge in [0.1, 0.15) is 0 Å². The molecule has 0 rings (SSSR count). The third-order valence-electron chi connectivity index (χ3n) is 0.805. The second-order valence-corrected chi connectivity index (χ2v) is 1.40. The van der Waals surface area contributed by atoms with Crippen LogP contribution in [0.4, 0.5) is 9.59 Å². The number of carbonyl (C=O) groups excluding carboxylic acids is 1. The Hall–Kier alpha value is -0.970. The molecule has 0 aliphatic heterocycles. The number of nitrogens with one attached hydrogen (secondary N) is 1. The van der Waals surface area contributed by atoms with E-state index < -0.39 is 12.1 Å². The number of halogens is 1. The van der Waals surface area contributed by atoms with Gasteiger partial charge in [0.15, 0.2) is 0 Å². The van der Waals surface area contributed by atoms with Gasteiger partial charge in [0.05, 0.1) is 0 Å². The van der Waals surface area contributed by atoms with Gasteiger partial charge in [0, 0.05) is 14.1 Å². The minimum atomic E-state index is -1.27. The molecule has 0 aromatic heterocycles. The van der Waals surface area contributed by atoms with Crippen LogP contribution in [0.3, 0.4) is 0 Å². The summed E-state index contributed by atoms with van der Waals surface area (Å²) in [5.74, 6) is 0. The predicted molar refractivity (Wildman–Crippen MR) is 37.5 cm³/mol. The highest BCUT2D eigenvalue weighted by Crippen LogP contribution is 1.81. The van der Waals surface area contributed by atoms with Crippen molar-refractivity contribution < 1.29 is 14.7 Å². The zero-order chi connectivity index (χ0) is 7.44. The molecule has 0 aliphatic carbocycles. The third kappa shape index (κ3) is 3.13. The summed E-state index contributed by atoms with van der Waals surface area (Å²) in [5.41, 5.74) is 0. The first kappa shape index (κ1) is 11.8. The summed E-state index contributed by atoms with van der Waals surface area (Å²) in [7, 11) is 2.53. The van der Waals surface area contributed by atoms with Crippen LogP contribution in [0.25, 0.3) is 0 Å². The number of imide groups is 1. The molecular formula is C4H9ClN2O3. The van der Waals surface area contributed by atoms with Crippen LogP contribution >= 0.6 is 12.4 Å². The van der Waals surface area contributed by atoms with E-state index in [0.29, 0.717) is 4.90 Å². The van der Waals surface area contributed by atoms with Crippen molar-refractivity contribution in [3.8, 4) is 0 Å². The number of carbonyl (C=O) groups is 2. The number of carboxylic acid groups (broad SMARTS) is 1. The molecule has 6 heteroatoms. The highest BCUT2D eigenvalue weighted by atomic mass is 35.5. The summed E-state index contributed by atoms with van der Waals surface area (Å²) in [4.78, 5) is 20.9. The third-order valence-corrected chi connectivity index (χ3v) is 0.805. The predicted octanol–water partition coefficient (Wildman–Crippen LogP) is 0.357. The lowest BCUT2D eigenvalue weighted by Crippen LogP contribution is -2.38. The van der Waals surface area contributed by atoms with Crippen LogP contribution in [0.15, 0.2) is 0 Å². The molecule has 0 heterocycles. The number of rotatable bonds is 0. The zero-order valence-corrected chi connectivity index (χ0v) is 6.44. The summed E-state index contributed by atoms with van der Waals surface area (Å²) in [5, 5.41) is 10.3. The van der Waals surface area contributed by atoms with Gasteiger partial charge in [-0.15, -0.1) is 12.4 Å². The molecule has 0 aromatic rings. The molecule has 0 spiro atoms. The van der Waals surface area contributed by atoms with Gasteiger partial charge in [0.2, 0.25) is 0 Å². The maximum atomic E-state index is 10.4. The summed E-state index contributed by atoms with van der Waals surface area (Å²) in [6, 6.07) is -0.637. The number of hydrogen-bond acceptors (Lipinski definition) is 2. The summed E-state index contributed by atoms with van der Waals surface area (Å²) in [6.45, 7) is 0. The van der Waals surface area contributed by atoms with E-state index in [2.05, 4.69) is 5.32 Å². The largest absolute Gasteiger partial charge is 0.465 e. The molecule has 0 aliphatic rings. The van der Waals surface area contributed by atoms with E-state index in [1.165, 1.54) is 14.1 Å². The smallest absolute Gasteiger partial charge is 0.415 e. The molecule has 0 saturated heterocycles. The van der Waals surface area contributed by atoms with Crippen molar-refractivity contribution in [3.63, 3.8) is 0 Å². The molecule has 10 heavy (non-hydrogen) atoms. The van der Waals surface area contributed by atoms with Gasteiger partial charge in [-0.25, -0.2) is 14.5 Å². The fourth-order valence-corrected chi connectivity index (χ4v) is 0.255. The molecule has 0 saturated carbocycles. The average molecular weight is 169 g/mol. The fourth-order valence-electron chi connectivity index (χ4n) is 0.255. The Morgan fingerprint density at radius 2 is 1.90 bits per heavy atom. The number of urea groups is 1. The number of amides is 3. The van der Waals surface area contributed by atoms with E-state index in [-0.39, 0.29) is 12.4 Å².